The number of amides is 1. The zero-order valence-corrected chi connectivity index (χ0v) is 16.7. The van der Waals surface area contributed by atoms with Crippen LogP contribution in [0.15, 0.2) is 53.1 Å². The number of carbonyl (C=O) groups excluding carboxylic acids is 2. The summed E-state index contributed by atoms with van der Waals surface area (Å²) in [7, 11) is 0. The summed E-state index contributed by atoms with van der Waals surface area (Å²) < 4.78 is 18.0. The quantitative estimate of drug-likeness (QED) is 0.583. The van der Waals surface area contributed by atoms with Gasteiger partial charge < -0.3 is 23.8 Å². The molecule has 0 saturated carbocycles. The van der Waals surface area contributed by atoms with Crippen LogP contribution in [0.5, 0.6) is 5.75 Å². The molecule has 1 aromatic carbocycles. The first-order chi connectivity index (χ1) is 14.0. The third-order valence-electron chi connectivity index (χ3n) is 4.48. The van der Waals surface area contributed by atoms with Crippen molar-refractivity contribution in [1.29, 1.82) is 0 Å². The first-order valence-electron chi connectivity index (χ1n) is 9.37. The molecule has 7 nitrogen and oxygen atoms in total. The van der Waals surface area contributed by atoms with Crippen LogP contribution in [-0.2, 0) is 16.1 Å². The number of hydrogen-bond donors (Lipinski definition) is 1. The van der Waals surface area contributed by atoms with Crippen molar-refractivity contribution in [3.8, 4) is 5.75 Å². The van der Waals surface area contributed by atoms with Crippen LogP contribution in [-0.4, -0.2) is 29.7 Å². The Labute approximate surface area is 169 Å². The molecule has 3 rings (SSSR count). The van der Waals surface area contributed by atoms with E-state index in [2.05, 4.69) is 5.32 Å². The van der Waals surface area contributed by atoms with Crippen LogP contribution in [0.3, 0.4) is 0 Å². The van der Waals surface area contributed by atoms with E-state index in [0.717, 1.165) is 17.1 Å². The maximum Gasteiger partial charge on any atom is 0.340 e. The number of anilines is 1. The molecule has 0 aliphatic carbocycles. The van der Waals surface area contributed by atoms with Gasteiger partial charge in [0.15, 0.2) is 6.61 Å². The zero-order valence-electron chi connectivity index (χ0n) is 16.7. The Morgan fingerprint density at radius 1 is 1.14 bits per heavy atom. The van der Waals surface area contributed by atoms with Gasteiger partial charge in [0.1, 0.15) is 11.5 Å². The van der Waals surface area contributed by atoms with Gasteiger partial charge >= 0.3 is 5.97 Å². The van der Waals surface area contributed by atoms with E-state index < -0.39 is 11.9 Å². The van der Waals surface area contributed by atoms with Crippen molar-refractivity contribution >= 4 is 17.6 Å². The molecule has 3 aromatic rings. The molecule has 7 heteroatoms. The van der Waals surface area contributed by atoms with Gasteiger partial charge in [-0.15, -0.1) is 0 Å². The largest absolute Gasteiger partial charge is 0.492 e. The second kappa shape index (κ2) is 9.14. The van der Waals surface area contributed by atoms with Gasteiger partial charge in [0.25, 0.3) is 5.91 Å². The summed E-state index contributed by atoms with van der Waals surface area (Å²) in [5, 5.41) is 2.70. The number of carbonyl (C=O) groups is 2. The highest BCUT2D eigenvalue weighted by Crippen LogP contribution is 2.23. The van der Waals surface area contributed by atoms with Gasteiger partial charge in [0.05, 0.1) is 30.7 Å². The lowest BCUT2D eigenvalue weighted by Gasteiger charge is -2.11. The molecule has 1 N–H and O–H groups in total. The summed E-state index contributed by atoms with van der Waals surface area (Å²) in [5.41, 5.74) is 2.62. The SMILES string of the molecule is CCOc1ccccc1NC(=O)COC(=O)c1cc(C)n(Cc2ccco2)c1C. The molecule has 2 heterocycles. The van der Waals surface area contributed by atoms with E-state index in [-0.39, 0.29) is 6.61 Å². The molecule has 29 heavy (non-hydrogen) atoms. The first-order valence-corrected chi connectivity index (χ1v) is 9.37. The number of aryl methyl sites for hydroxylation is 1. The Hall–Kier alpha value is -3.48. The van der Waals surface area contributed by atoms with Crippen molar-refractivity contribution in [3.63, 3.8) is 0 Å². The zero-order chi connectivity index (χ0) is 20.8. The van der Waals surface area contributed by atoms with E-state index in [0.29, 0.717) is 30.2 Å². The second-order valence-corrected chi connectivity index (χ2v) is 6.50. The van der Waals surface area contributed by atoms with Gasteiger partial charge in [-0.05, 0) is 51.1 Å². The van der Waals surface area contributed by atoms with Crippen LogP contribution < -0.4 is 10.1 Å². The van der Waals surface area contributed by atoms with Crippen LogP contribution in [0, 0.1) is 13.8 Å². The van der Waals surface area contributed by atoms with Crippen molar-refractivity contribution in [2.45, 2.75) is 27.3 Å². The molecule has 0 aliphatic heterocycles. The predicted octanol–water partition coefficient (Wildman–Crippen LogP) is 3.94. The van der Waals surface area contributed by atoms with Crippen molar-refractivity contribution in [2.24, 2.45) is 0 Å². The average Bonchev–Trinajstić information content (AvgIpc) is 3.32. The van der Waals surface area contributed by atoms with Gasteiger partial charge in [-0.25, -0.2) is 4.79 Å². The number of nitrogens with one attached hydrogen (secondary N) is 1. The highest BCUT2D eigenvalue weighted by molar-refractivity contribution is 5.96. The summed E-state index contributed by atoms with van der Waals surface area (Å²) in [5.74, 6) is 0.377. The van der Waals surface area contributed by atoms with Gasteiger partial charge in [0, 0.05) is 11.4 Å². The highest BCUT2D eigenvalue weighted by atomic mass is 16.5. The molecule has 0 saturated heterocycles. The van der Waals surface area contributed by atoms with Crippen LogP contribution in [0.1, 0.15) is 34.4 Å². The number of para-hydroxylation sites is 2. The molecule has 0 unspecified atom stereocenters. The summed E-state index contributed by atoms with van der Waals surface area (Å²) >= 11 is 0. The van der Waals surface area contributed by atoms with Crippen LogP contribution in [0.2, 0.25) is 0 Å². The van der Waals surface area contributed by atoms with Crippen LogP contribution in [0.4, 0.5) is 5.69 Å². The minimum atomic E-state index is -0.544. The van der Waals surface area contributed by atoms with E-state index in [1.54, 1.807) is 30.5 Å². The Bertz CT molecular complexity index is 989. The molecule has 0 bridgehead atoms. The second-order valence-electron chi connectivity index (χ2n) is 6.50. The summed E-state index contributed by atoms with van der Waals surface area (Å²) in [6.07, 6.45) is 1.61. The summed E-state index contributed by atoms with van der Waals surface area (Å²) in [4.78, 5) is 24.7. The smallest absolute Gasteiger partial charge is 0.340 e. The van der Waals surface area contributed by atoms with Crippen molar-refractivity contribution in [3.05, 3.63) is 71.4 Å². The average molecular weight is 396 g/mol. The maximum absolute atomic E-state index is 12.5. The van der Waals surface area contributed by atoms with Crippen molar-refractivity contribution in [1.82, 2.24) is 4.57 Å². The van der Waals surface area contributed by atoms with Gasteiger partial charge in [0.2, 0.25) is 0 Å². The topological polar surface area (TPSA) is 82.7 Å². The van der Waals surface area contributed by atoms with Gasteiger partial charge in [-0.2, -0.15) is 0 Å². The Morgan fingerprint density at radius 3 is 2.66 bits per heavy atom. The fourth-order valence-corrected chi connectivity index (χ4v) is 3.06. The third-order valence-corrected chi connectivity index (χ3v) is 4.48. The normalized spacial score (nSPS) is 10.6. The van der Waals surface area contributed by atoms with Crippen molar-refractivity contribution < 1.29 is 23.5 Å². The minimum Gasteiger partial charge on any atom is -0.492 e. The van der Waals surface area contributed by atoms with Gasteiger partial charge in [-0.1, -0.05) is 12.1 Å². The number of hydrogen-bond acceptors (Lipinski definition) is 5. The molecule has 0 atom stereocenters. The lowest BCUT2D eigenvalue weighted by molar-refractivity contribution is -0.119. The minimum absolute atomic E-state index is 0.388. The molecule has 0 radical (unpaired) electrons. The number of rotatable bonds is 8. The predicted molar refractivity (Wildman–Crippen MR) is 108 cm³/mol. The lowest BCUT2D eigenvalue weighted by Crippen LogP contribution is -2.21. The Kier molecular flexibility index (Phi) is 6.39. The molecule has 0 fully saturated rings. The number of nitrogens with zero attached hydrogens (tertiary/aromatic N) is 1. The maximum atomic E-state index is 12.5. The van der Waals surface area contributed by atoms with E-state index in [1.165, 1.54) is 0 Å². The van der Waals surface area contributed by atoms with Gasteiger partial charge in [-0.3, -0.25) is 4.79 Å². The van der Waals surface area contributed by atoms with E-state index in [1.807, 2.05) is 43.5 Å². The Morgan fingerprint density at radius 2 is 1.93 bits per heavy atom. The number of furan rings is 1. The standard InChI is InChI=1S/C22H24N2O5/c1-4-27-20-10-6-5-9-19(20)23-21(25)14-29-22(26)18-12-15(2)24(16(18)3)13-17-8-7-11-28-17/h5-12H,4,13-14H2,1-3H3,(H,23,25). The molecule has 1 amide bonds. The fraction of sp³-hybridized carbons (Fsp3) is 0.273. The molecular weight excluding hydrogens is 372 g/mol. The van der Waals surface area contributed by atoms with E-state index in [9.17, 15) is 9.59 Å². The number of aromatic nitrogens is 1. The summed E-state index contributed by atoms with van der Waals surface area (Å²) in [6.45, 7) is 6.22. The number of esters is 1. The Balaban J connectivity index is 1.62. The fourth-order valence-electron chi connectivity index (χ4n) is 3.06. The molecule has 0 aliphatic rings. The number of ether oxygens (including phenoxy) is 2. The van der Waals surface area contributed by atoms with Crippen molar-refractivity contribution in [2.75, 3.05) is 18.5 Å². The van der Waals surface area contributed by atoms with Crippen LogP contribution >= 0.6 is 0 Å². The third kappa shape index (κ3) is 4.87. The molecule has 152 valence electrons. The first kappa shape index (κ1) is 20.3. The monoisotopic (exact) mass is 396 g/mol. The van der Waals surface area contributed by atoms with Crippen LogP contribution in [0.25, 0.3) is 0 Å². The lowest BCUT2D eigenvalue weighted by atomic mass is 10.2. The highest BCUT2D eigenvalue weighted by Gasteiger charge is 2.19. The van der Waals surface area contributed by atoms with E-state index in [4.69, 9.17) is 13.9 Å². The van der Waals surface area contributed by atoms with E-state index >= 15 is 0 Å². The molecular formula is C22H24N2O5. The summed E-state index contributed by atoms with van der Waals surface area (Å²) in [6, 6.07) is 12.5. The molecule has 0 spiro atoms. The number of benzene rings is 1. The molecule has 2 aromatic heterocycles.